The summed E-state index contributed by atoms with van der Waals surface area (Å²) in [6.07, 6.45) is 2.54. The number of benzene rings is 1. The van der Waals surface area contributed by atoms with E-state index >= 15 is 0 Å². The van der Waals surface area contributed by atoms with Crippen LogP contribution in [0.25, 0.3) is 0 Å². The van der Waals surface area contributed by atoms with Gasteiger partial charge in [0.1, 0.15) is 0 Å². The first-order chi connectivity index (χ1) is 9.13. The van der Waals surface area contributed by atoms with Crippen molar-refractivity contribution in [1.82, 2.24) is 5.32 Å². The summed E-state index contributed by atoms with van der Waals surface area (Å²) < 4.78 is 0. The molecule has 5 nitrogen and oxygen atoms in total. The van der Waals surface area contributed by atoms with Crippen molar-refractivity contribution < 1.29 is 9.59 Å². The van der Waals surface area contributed by atoms with Crippen LogP contribution in [0.3, 0.4) is 0 Å². The third-order valence-corrected chi connectivity index (χ3v) is 2.88. The van der Waals surface area contributed by atoms with Gasteiger partial charge in [-0.2, -0.15) is 0 Å². The Morgan fingerprint density at radius 3 is 2.45 bits per heavy atom. The molecule has 0 aromatic heterocycles. The zero-order chi connectivity index (χ0) is 13.7. The van der Waals surface area contributed by atoms with Crippen molar-refractivity contribution in [2.24, 2.45) is 5.92 Å². The first-order valence-electron chi connectivity index (χ1n) is 6.52. The fraction of sp³-hybridized carbons (Fsp3) is 0.429. The fourth-order valence-corrected chi connectivity index (χ4v) is 1.79. The molecule has 2 amide bonds. The normalized spacial score (nSPS) is 13.2. The largest absolute Gasteiger partial charge is 0.326 e. The molecule has 0 radical (unpaired) electrons. The molecule has 1 saturated carbocycles. The average Bonchev–Trinajstić information content (AvgIpc) is 3.12. The van der Waals surface area contributed by atoms with Gasteiger partial charge in [0.05, 0.1) is 6.54 Å². The van der Waals surface area contributed by atoms with Crippen LogP contribution in [0, 0.1) is 5.92 Å². The van der Waals surface area contributed by atoms with Crippen molar-refractivity contribution in [3.05, 3.63) is 24.3 Å². The molecule has 0 saturated heterocycles. The van der Waals surface area contributed by atoms with Crippen LogP contribution >= 0.6 is 12.4 Å². The van der Waals surface area contributed by atoms with Crippen molar-refractivity contribution in [3.8, 4) is 0 Å². The van der Waals surface area contributed by atoms with Gasteiger partial charge in [0.25, 0.3) is 0 Å². The molecule has 0 heterocycles. The SMILES string of the molecule is CC(=O)Nc1cccc(NC(=O)CNCC2CC2)c1.Cl. The maximum absolute atomic E-state index is 11.7. The molecule has 6 heteroatoms. The highest BCUT2D eigenvalue weighted by atomic mass is 35.5. The second-order valence-electron chi connectivity index (χ2n) is 4.88. The number of amides is 2. The van der Waals surface area contributed by atoms with Crippen LogP contribution in [0.5, 0.6) is 0 Å². The lowest BCUT2D eigenvalue weighted by molar-refractivity contribution is -0.115. The Morgan fingerprint density at radius 1 is 1.20 bits per heavy atom. The lowest BCUT2D eigenvalue weighted by atomic mass is 10.2. The van der Waals surface area contributed by atoms with Gasteiger partial charge in [0.2, 0.25) is 11.8 Å². The minimum atomic E-state index is -0.130. The maximum Gasteiger partial charge on any atom is 0.238 e. The number of hydrogen-bond acceptors (Lipinski definition) is 3. The third kappa shape index (κ3) is 6.04. The van der Waals surface area contributed by atoms with E-state index in [9.17, 15) is 9.59 Å². The number of halogens is 1. The van der Waals surface area contributed by atoms with Crippen molar-refractivity contribution in [2.45, 2.75) is 19.8 Å². The van der Waals surface area contributed by atoms with E-state index in [1.54, 1.807) is 24.3 Å². The zero-order valence-electron chi connectivity index (χ0n) is 11.4. The highest BCUT2D eigenvalue weighted by Crippen LogP contribution is 2.27. The van der Waals surface area contributed by atoms with Crippen LogP contribution < -0.4 is 16.0 Å². The minimum absolute atomic E-state index is 0. The van der Waals surface area contributed by atoms with Gasteiger partial charge in [0.15, 0.2) is 0 Å². The Morgan fingerprint density at radius 2 is 1.85 bits per heavy atom. The van der Waals surface area contributed by atoms with Crippen molar-refractivity contribution in [2.75, 3.05) is 23.7 Å². The lowest BCUT2D eigenvalue weighted by Crippen LogP contribution is -2.29. The third-order valence-electron chi connectivity index (χ3n) is 2.88. The van der Waals surface area contributed by atoms with Crippen LogP contribution in [0.4, 0.5) is 11.4 Å². The molecule has 0 spiro atoms. The quantitative estimate of drug-likeness (QED) is 0.752. The molecule has 0 bridgehead atoms. The molecule has 1 aromatic rings. The summed E-state index contributed by atoms with van der Waals surface area (Å²) in [5.41, 5.74) is 1.36. The van der Waals surface area contributed by atoms with Gasteiger partial charge in [-0.3, -0.25) is 9.59 Å². The zero-order valence-corrected chi connectivity index (χ0v) is 12.3. The summed E-state index contributed by atoms with van der Waals surface area (Å²) in [6, 6.07) is 7.10. The summed E-state index contributed by atoms with van der Waals surface area (Å²) in [5, 5.41) is 8.61. The summed E-state index contributed by atoms with van der Waals surface area (Å²) >= 11 is 0. The molecule has 110 valence electrons. The first kappa shape index (κ1) is 16.5. The number of hydrogen-bond donors (Lipinski definition) is 3. The van der Waals surface area contributed by atoms with E-state index in [2.05, 4.69) is 16.0 Å². The molecule has 1 aliphatic rings. The Kier molecular flexibility index (Phi) is 6.48. The van der Waals surface area contributed by atoms with Gasteiger partial charge in [-0.1, -0.05) is 6.07 Å². The van der Waals surface area contributed by atoms with Crippen LogP contribution in [-0.2, 0) is 9.59 Å². The van der Waals surface area contributed by atoms with E-state index in [0.29, 0.717) is 17.9 Å². The van der Waals surface area contributed by atoms with Gasteiger partial charge >= 0.3 is 0 Å². The molecular formula is C14H20ClN3O2. The smallest absolute Gasteiger partial charge is 0.238 e. The minimum Gasteiger partial charge on any atom is -0.326 e. The Labute approximate surface area is 124 Å². The monoisotopic (exact) mass is 297 g/mol. The summed E-state index contributed by atoms with van der Waals surface area (Å²) in [6.45, 7) is 2.69. The van der Waals surface area contributed by atoms with Crippen LogP contribution in [0.15, 0.2) is 24.3 Å². The molecular weight excluding hydrogens is 278 g/mol. The molecule has 20 heavy (non-hydrogen) atoms. The van der Waals surface area contributed by atoms with E-state index in [0.717, 1.165) is 12.5 Å². The first-order valence-corrected chi connectivity index (χ1v) is 6.52. The van der Waals surface area contributed by atoms with Crippen LogP contribution in [0.1, 0.15) is 19.8 Å². The molecule has 2 rings (SSSR count). The van der Waals surface area contributed by atoms with Crippen LogP contribution in [-0.4, -0.2) is 24.9 Å². The molecule has 1 fully saturated rings. The van der Waals surface area contributed by atoms with Gasteiger partial charge in [-0.15, -0.1) is 12.4 Å². The molecule has 0 atom stereocenters. The van der Waals surface area contributed by atoms with Crippen molar-refractivity contribution in [3.63, 3.8) is 0 Å². The summed E-state index contributed by atoms with van der Waals surface area (Å²) in [5.74, 6) is 0.561. The second-order valence-corrected chi connectivity index (χ2v) is 4.88. The maximum atomic E-state index is 11.7. The highest BCUT2D eigenvalue weighted by Gasteiger charge is 2.20. The molecule has 0 unspecified atom stereocenters. The lowest BCUT2D eigenvalue weighted by Gasteiger charge is -2.08. The molecule has 3 N–H and O–H groups in total. The topological polar surface area (TPSA) is 70.2 Å². The Balaban J connectivity index is 0.00000200. The van der Waals surface area contributed by atoms with E-state index in [1.807, 2.05) is 0 Å². The van der Waals surface area contributed by atoms with Gasteiger partial charge in [-0.25, -0.2) is 0 Å². The summed E-state index contributed by atoms with van der Waals surface area (Å²) in [4.78, 5) is 22.6. The van der Waals surface area contributed by atoms with Gasteiger partial charge in [0, 0.05) is 18.3 Å². The van der Waals surface area contributed by atoms with Crippen LogP contribution in [0.2, 0.25) is 0 Å². The number of carbonyl (C=O) groups is 2. The highest BCUT2D eigenvalue weighted by molar-refractivity contribution is 5.94. The predicted octanol–water partition coefficient (Wildman–Crippen LogP) is 2.00. The van der Waals surface area contributed by atoms with Gasteiger partial charge < -0.3 is 16.0 Å². The molecule has 1 aromatic carbocycles. The predicted molar refractivity (Wildman–Crippen MR) is 82.2 cm³/mol. The Hall–Kier alpha value is -1.59. The fourth-order valence-electron chi connectivity index (χ4n) is 1.79. The average molecular weight is 298 g/mol. The van der Waals surface area contributed by atoms with E-state index in [4.69, 9.17) is 0 Å². The van der Waals surface area contributed by atoms with E-state index < -0.39 is 0 Å². The van der Waals surface area contributed by atoms with Crippen molar-refractivity contribution >= 4 is 35.6 Å². The van der Waals surface area contributed by atoms with E-state index in [-0.39, 0.29) is 24.2 Å². The molecule has 0 aliphatic heterocycles. The second kappa shape index (κ2) is 7.87. The number of anilines is 2. The summed E-state index contributed by atoms with van der Waals surface area (Å²) in [7, 11) is 0. The number of nitrogens with one attached hydrogen (secondary N) is 3. The number of rotatable bonds is 6. The Bertz CT molecular complexity index is 475. The van der Waals surface area contributed by atoms with Crippen molar-refractivity contribution in [1.29, 1.82) is 0 Å². The standard InChI is InChI=1S/C14H19N3O2.ClH/c1-10(18)16-12-3-2-4-13(7-12)17-14(19)9-15-8-11-5-6-11;/h2-4,7,11,15H,5-6,8-9H2,1H3,(H,16,18)(H,17,19);1H. The van der Waals surface area contributed by atoms with E-state index in [1.165, 1.54) is 19.8 Å². The molecule has 1 aliphatic carbocycles. The van der Waals surface area contributed by atoms with Gasteiger partial charge in [-0.05, 0) is 43.5 Å². The number of carbonyl (C=O) groups excluding carboxylic acids is 2.